The van der Waals surface area contributed by atoms with Crippen molar-refractivity contribution in [3.8, 4) is 0 Å². The molecule has 1 aliphatic rings. The summed E-state index contributed by atoms with van der Waals surface area (Å²) >= 11 is 0. The first kappa shape index (κ1) is 13.4. The van der Waals surface area contributed by atoms with E-state index >= 15 is 0 Å². The van der Waals surface area contributed by atoms with Crippen LogP contribution < -0.4 is 4.72 Å². The molecular weight excluding hydrogens is 230 g/mol. The number of hydrogen-bond donors (Lipinski definition) is 2. The van der Waals surface area contributed by atoms with Gasteiger partial charge in [-0.2, -0.15) is 0 Å². The fourth-order valence-electron chi connectivity index (χ4n) is 1.95. The molecule has 0 aromatic heterocycles. The highest BCUT2D eigenvalue weighted by molar-refractivity contribution is 7.90. The Morgan fingerprint density at radius 1 is 1.44 bits per heavy atom. The Hall–Kier alpha value is -0.620. The molecule has 0 radical (unpaired) electrons. The molecule has 0 aromatic carbocycles. The number of hydrogen-bond acceptors (Lipinski definition) is 3. The number of aliphatic carboxylic acids is 1. The first-order chi connectivity index (χ1) is 7.42. The van der Waals surface area contributed by atoms with Gasteiger partial charge in [0.1, 0.15) is 0 Å². The van der Waals surface area contributed by atoms with Crippen molar-refractivity contribution < 1.29 is 18.3 Å². The molecule has 0 aromatic rings. The molecule has 94 valence electrons. The summed E-state index contributed by atoms with van der Waals surface area (Å²) in [5.74, 6) is -1.07. The van der Waals surface area contributed by atoms with E-state index in [1.165, 1.54) is 0 Å². The van der Waals surface area contributed by atoms with Crippen LogP contribution in [0.3, 0.4) is 0 Å². The molecule has 0 aliphatic heterocycles. The van der Waals surface area contributed by atoms with Gasteiger partial charge in [-0.25, -0.2) is 13.1 Å². The van der Waals surface area contributed by atoms with Crippen molar-refractivity contribution in [3.63, 3.8) is 0 Å². The van der Waals surface area contributed by atoms with Crippen molar-refractivity contribution in [2.45, 2.75) is 44.3 Å². The van der Waals surface area contributed by atoms with Crippen LogP contribution in [0.25, 0.3) is 0 Å². The van der Waals surface area contributed by atoms with Gasteiger partial charge in [-0.05, 0) is 18.8 Å². The lowest BCUT2D eigenvalue weighted by Crippen LogP contribution is -2.35. The molecule has 16 heavy (non-hydrogen) atoms. The molecular formula is C10H19NO4S. The van der Waals surface area contributed by atoms with E-state index in [0.29, 0.717) is 0 Å². The summed E-state index contributed by atoms with van der Waals surface area (Å²) in [6.45, 7) is 1.94. The van der Waals surface area contributed by atoms with Gasteiger partial charge in [-0.15, -0.1) is 0 Å². The largest absolute Gasteiger partial charge is 0.481 e. The lowest BCUT2D eigenvalue weighted by atomic mass is 10.1. The number of carboxylic acid groups (broad SMARTS) is 1. The van der Waals surface area contributed by atoms with Gasteiger partial charge in [-0.3, -0.25) is 4.79 Å². The summed E-state index contributed by atoms with van der Waals surface area (Å²) < 4.78 is 26.0. The molecule has 0 bridgehead atoms. The van der Waals surface area contributed by atoms with E-state index in [2.05, 4.69) is 4.72 Å². The van der Waals surface area contributed by atoms with Gasteiger partial charge >= 0.3 is 5.97 Å². The molecule has 1 saturated carbocycles. The van der Waals surface area contributed by atoms with E-state index < -0.39 is 16.0 Å². The van der Waals surface area contributed by atoms with Crippen molar-refractivity contribution in [1.29, 1.82) is 0 Å². The number of rotatable bonds is 6. The zero-order valence-corrected chi connectivity index (χ0v) is 10.3. The second kappa shape index (κ2) is 5.63. The predicted molar refractivity (Wildman–Crippen MR) is 60.6 cm³/mol. The summed E-state index contributed by atoms with van der Waals surface area (Å²) in [7, 11) is -3.23. The summed E-state index contributed by atoms with van der Waals surface area (Å²) in [5, 5.41) is 8.27. The average Bonchev–Trinajstić information content (AvgIpc) is 2.67. The molecule has 0 heterocycles. The van der Waals surface area contributed by atoms with Gasteiger partial charge in [0, 0.05) is 13.0 Å². The highest BCUT2D eigenvalue weighted by atomic mass is 32.2. The minimum absolute atomic E-state index is 0.00676. The van der Waals surface area contributed by atoms with Gasteiger partial charge in [0.2, 0.25) is 10.0 Å². The Morgan fingerprint density at radius 3 is 2.50 bits per heavy atom. The molecule has 1 unspecified atom stereocenters. The molecule has 0 spiro atoms. The molecule has 0 amide bonds. The smallest absolute Gasteiger partial charge is 0.303 e. The maximum Gasteiger partial charge on any atom is 0.303 e. The summed E-state index contributed by atoms with van der Waals surface area (Å²) in [4.78, 5) is 10.4. The Bertz CT molecular complexity index is 333. The van der Waals surface area contributed by atoms with Crippen molar-refractivity contribution in [1.82, 2.24) is 4.72 Å². The zero-order chi connectivity index (χ0) is 12.2. The van der Waals surface area contributed by atoms with Crippen molar-refractivity contribution in [2.75, 3.05) is 6.54 Å². The fourth-order valence-corrected chi connectivity index (χ4v) is 3.65. The fraction of sp³-hybridized carbons (Fsp3) is 0.900. The van der Waals surface area contributed by atoms with E-state index in [4.69, 9.17) is 5.11 Å². The monoisotopic (exact) mass is 249 g/mol. The van der Waals surface area contributed by atoms with Crippen LogP contribution in [0.15, 0.2) is 0 Å². The van der Waals surface area contributed by atoms with Crippen LogP contribution in [0, 0.1) is 5.92 Å². The zero-order valence-electron chi connectivity index (χ0n) is 9.48. The third kappa shape index (κ3) is 4.09. The molecule has 1 rings (SSSR count). The Kier molecular flexibility index (Phi) is 4.73. The van der Waals surface area contributed by atoms with E-state index in [9.17, 15) is 13.2 Å². The van der Waals surface area contributed by atoms with E-state index in [1.807, 2.05) is 0 Å². The molecule has 0 saturated heterocycles. The standard InChI is InChI=1S/C10H19NO4S/c1-8(6-10(12)13)7-11-16(14,15)9-4-2-3-5-9/h8-9,11H,2-7H2,1H3,(H,12,13). The quantitative estimate of drug-likeness (QED) is 0.734. The van der Waals surface area contributed by atoms with Crippen LogP contribution in [0.2, 0.25) is 0 Å². The van der Waals surface area contributed by atoms with E-state index in [0.717, 1.165) is 25.7 Å². The lowest BCUT2D eigenvalue weighted by molar-refractivity contribution is -0.137. The molecule has 6 heteroatoms. The van der Waals surface area contributed by atoms with Gasteiger partial charge in [0.15, 0.2) is 0 Å². The first-order valence-corrected chi connectivity index (χ1v) is 7.16. The maximum absolute atomic E-state index is 11.8. The topological polar surface area (TPSA) is 83.5 Å². The SMILES string of the molecule is CC(CNS(=O)(=O)C1CCCC1)CC(=O)O. The Morgan fingerprint density at radius 2 is 2.00 bits per heavy atom. The maximum atomic E-state index is 11.8. The van der Waals surface area contributed by atoms with Crippen LogP contribution in [0.4, 0.5) is 0 Å². The minimum atomic E-state index is -3.23. The van der Waals surface area contributed by atoms with Gasteiger partial charge in [0.05, 0.1) is 5.25 Å². The lowest BCUT2D eigenvalue weighted by Gasteiger charge is -2.14. The van der Waals surface area contributed by atoms with Crippen LogP contribution in [-0.2, 0) is 14.8 Å². The number of carboxylic acids is 1. The van der Waals surface area contributed by atoms with Crippen molar-refractivity contribution >= 4 is 16.0 Å². The third-order valence-electron chi connectivity index (χ3n) is 2.90. The summed E-state index contributed by atoms with van der Waals surface area (Å²) in [6, 6.07) is 0. The Labute approximate surface area is 96.3 Å². The summed E-state index contributed by atoms with van der Waals surface area (Å²) in [5.41, 5.74) is 0. The van der Waals surface area contributed by atoms with E-state index in [-0.39, 0.29) is 24.1 Å². The van der Waals surface area contributed by atoms with Gasteiger partial charge < -0.3 is 5.11 Å². The molecule has 5 nitrogen and oxygen atoms in total. The van der Waals surface area contributed by atoms with Crippen molar-refractivity contribution in [3.05, 3.63) is 0 Å². The number of nitrogens with one attached hydrogen (secondary N) is 1. The predicted octanol–water partition coefficient (Wildman–Crippen LogP) is 0.959. The van der Waals surface area contributed by atoms with Gasteiger partial charge in [0.25, 0.3) is 0 Å². The average molecular weight is 249 g/mol. The molecule has 1 fully saturated rings. The normalized spacial score (nSPS) is 19.8. The van der Waals surface area contributed by atoms with Crippen molar-refractivity contribution in [2.24, 2.45) is 5.92 Å². The molecule has 1 atom stereocenters. The third-order valence-corrected chi connectivity index (χ3v) is 4.82. The van der Waals surface area contributed by atoms with Crippen LogP contribution in [-0.4, -0.2) is 31.3 Å². The minimum Gasteiger partial charge on any atom is -0.481 e. The number of carbonyl (C=O) groups is 1. The van der Waals surface area contributed by atoms with Crippen LogP contribution >= 0.6 is 0 Å². The first-order valence-electron chi connectivity index (χ1n) is 5.62. The van der Waals surface area contributed by atoms with Crippen LogP contribution in [0.5, 0.6) is 0 Å². The van der Waals surface area contributed by atoms with Crippen LogP contribution in [0.1, 0.15) is 39.0 Å². The van der Waals surface area contributed by atoms with Gasteiger partial charge in [-0.1, -0.05) is 19.8 Å². The Balaban J connectivity index is 2.38. The van der Waals surface area contributed by atoms with E-state index in [1.54, 1.807) is 6.92 Å². The summed E-state index contributed by atoms with van der Waals surface area (Å²) in [6.07, 6.45) is 3.38. The second-order valence-electron chi connectivity index (χ2n) is 4.50. The molecule has 2 N–H and O–H groups in total. The highest BCUT2D eigenvalue weighted by Gasteiger charge is 2.28. The highest BCUT2D eigenvalue weighted by Crippen LogP contribution is 2.23. The second-order valence-corrected chi connectivity index (χ2v) is 6.55. The molecule has 1 aliphatic carbocycles. The number of sulfonamides is 1.